The van der Waals surface area contributed by atoms with E-state index < -0.39 is 21.0 Å². The first-order valence-electron chi connectivity index (χ1n) is 3.75. The molecule has 0 amide bonds. The zero-order valence-electron chi connectivity index (χ0n) is 8.20. The van der Waals surface area contributed by atoms with E-state index in [4.69, 9.17) is 21.0 Å². The van der Waals surface area contributed by atoms with Gasteiger partial charge in [0.15, 0.2) is 0 Å². The van der Waals surface area contributed by atoms with Gasteiger partial charge < -0.3 is 0 Å². The van der Waals surface area contributed by atoms with E-state index in [2.05, 4.69) is 50.5 Å². The Kier molecular flexibility index (Phi) is 18.1. The number of rotatable bonds is 2. The van der Waals surface area contributed by atoms with Crippen LogP contribution in [-0.4, -0.2) is 21.0 Å². The van der Waals surface area contributed by atoms with Crippen molar-refractivity contribution in [3.8, 4) is 24.3 Å². The van der Waals surface area contributed by atoms with E-state index in [1.165, 1.54) is 0 Å². The molecule has 4 nitrogen and oxygen atoms in total. The average molecular weight is 347 g/mol. The van der Waals surface area contributed by atoms with E-state index in [0.29, 0.717) is 0 Å². The van der Waals surface area contributed by atoms with Crippen molar-refractivity contribution < 1.29 is 16.5 Å². The van der Waals surface area contributed by atoms with Crippen molar-refractivity contribution in [2.24, 2.45) is 0 Å². The summed E-state index contributed by atoms with van der Waals surface area (Å²) in [6.45, 7) is 0. The Morgan fingerprint density at radius 3 is 0.706 bits per heavy atom. The van der Waals surface area contributed by atoms with Gasteiger partial charge in [-0.25, -0.2) is 0 Å². The monoisotopic (exact) mass is 346 g/mol. The molecule has 0 aromatic rings. The molecule has 17 heavy (non-hydrogen) atoms. The molecule has 4 unspecified atom stereocenters. The van der Waals surface area contributed by atoms with Gasteiger partial charge in [-0.1, -0.05) is 0 Å². The van der Waals surface area contributed by atoms with Crippen LogP contribution in [0.3, 0.4) is 0 Å². The summed E-state index contributed by atoms with van der Waals surface area (Å²) in [4.78, 5) is 0. The first-order chi connectivity index (χ1) is 7.44. The Hall–Kier alpha value is -0.146. The predicted molar refractivity (Wildman–Crippen MR) is 73.5 cm³/mol. The fraction of sp³-hybridized carbons (Fsp3) is 0.500. The largest absolute Gasteiger partial charge is 0.197 e. The number of hydrogen-bond acceptors (Lipinski definition) is 8. The van der Waals surface area contributed by atoms with Crippen LogP contribution in [0.2, 0.25) is 0 Å². The van der Waals surface area contributed by atoms with Crippen molar-refractivity contribution >= 4 is 50.5 Å². The molecule has 0 fully saturated rings. The van der Waals surface area contributed by atoms with Gasteiger partial charge >= 0.3 is 0 Å². The van der Waals surface area contributed by atoms with Crippen LogP contribution in [0.25, 0.3) is 0 Å². The molecular weight excluding hydrogens is 339 g/mol. The maximum absolute atomic E-state index is 8.11. The molecule has 0 radical (unpaired) electrons. The molecule has 4 atom stereocenters. The van der Waals surface area contributed by atoms with Crippen LogP contribution in [-0.2, 0) is 16.5 Å². The van der Waals surface area contributed by atoms with E-state index in [0.717, 1.165) is 0 Å². The summed E-state index contributed by atoms with van der Waals surface area (Å²) in [5.41, 5.74) is 0. The molecule has 0 aromatic carbocycles. The van der Waals surface area contributed by atoms with Crippen LogP contribution < -0.4 is 0 Å². The SMILES string of the molecule is N#CC(S)C(S)C#N.N#CC(S)C(S)C#N.[Ni]. The van der Waals surface area contributed by atoms with Gasteiger partial charge in [-0.15, -0.1) is 0 Å². The number of nitriles is 4. The fourth-order valence-corrected chi connectivity index (χ4v) is 0.549. The molecule has 0 heterocycles. The first-order valence-corrected chi connectivity index (χ1v) is 5.81. The second-order valence-electron chi connectivity index (χ2n) is 2.30. The van der Waals surface area contributed by atoms with E-state index in [1.807, 2.05) is 0 Å². The summed E-state index contributed by atoms with van der Waals surface area (Å²) in [6, 6.07) is 7.12. The molecule has 0 saturated carbocycles. The predicted octanol–water partition coefficient (Wildman–Crippen LogP) is 1.26. The van der Waals surface area contributed by atoms with Gasteiger partial charge in [-0.2, -0.15) is 71.6 Å². The molecule has 0 spiro atoms. The zero-order chi connectivity index (χ0) is 13.1. The molecule has 94 valence electrons. The Morgan fingerprint density at radius 2 is 0.647 bits per heavy atom. The second kappa shape index (κ2) is 13.9. The van der Waals surface area contributed by atoms with Crippen molar-refractivity contribution in [3.63, 3.8) is 0 Å². The van der Waals surface area contributed by atoms with Crippen LogP contribution in [0.1, 0.15) is 0 Å². The van der Waals surface area contributed by atoms with Crippen molar-refractivity contribution in [2.45, 2.75) is 21.0 Å². The van der Waals surface area contributed by atoms with Gasteiger partial charge in [-0.05, 0) is 0 Å². The maximum atomic E-state index is 8.11. The third kappa shape index (κ3) is 12.1. The van der Waals surface area contributed by atoms with Crippen LogP contribution in [0.4, 0.5) is 0 Å². The summed E-state index contributed by atoms with van der Waals surface area (Å²) in [7, 11) is 0. The van der Waals surface area contributed by atoms with E-state index >= 15 is 0 Å². The third-order valence-corrected chi connectivity index (χ3v) is 3.25. The molecule has 0 rings (SSSR count). The summed E-state index contributed by atoms with van der Waals surface area (Å²) >= 11 is 15.0. The molecule has 0 aliphatic heterocycles. The van der Waals surface area contributed by atoms with Crippen molar-refractivity contribution in [1.29, 1.82) is 21.0 Å². The van der Waals surface area contributed by atoms with Crippen LogP contribution in [0, 0.1) is 45.3 Å². The van der Waals surface area contributed by atoms with E-state index in [9.17, 15) is 0 Å². The minimum absolute atomic E-state index is 0. The van der Waals surface area contributed by atoms with Gasteiger partial charge in [0.25, 0.3) is 0 Å². The molecule has 0 N–H and O–H groups in total. The van der Waals surface area contributed by atoms with Gasteiger partial charge in [0.2, 0.25) is 0 Å². The molecule has 0 aliphatic rings. The summed E-state index contributed by atoms with van der Waals surface area (Å²) in [5.74, 6) is 0. The smallest absolute Gasteiger partial charge is 0.113 e. The van der Waals surface area contributed by atoms with Crippen molar-refractivity contribution in [1.82, 2.24) is 0 Å². The van der Waals surface area contributed by atoms with Gasteiger partial charge in [0.1, 0.15) is 21.0 Å². The minimum Gasteiger partial charge on any atom is -0.197 e. The summed E-state index contributed by atoms with van der Waals surface area (Å²) in [6.07, 6.45) is 0. The fourth-order valence-electron chi connectivity index (χ4n) is 0.282. The number of nitrogens with zero attached hydrogens (tertiary/aromatic N) is 4. The quantitative estimate of drug-likeness (QED) is 0.447. The molecular formula is C8H8N4NiS4. The topological polar surface area (TPSA) is 95.2 Å². The second-order valence-corrected chi connectivity index (χ2v) is 4.52. The standard InChI is InChI=1S/2C4H4N2S2.Ni/c2*5-1-3(7)4(8)2-6;/h2*3-4,7-8H;. The Balaban J connectivity index is -0.000000218. The van der Waals surface area contributed by atoms with E-state index in [1.54, 1.807) is 24.3 Å². The zero-order valence-corrected chi connectivity index (χ0v) is 12.8. The Labute approximate surface area is 133 Å². The van der Waals surface area contributed by atoms with Gasteiger partial charge in [0.05, 0.1) is 24.3 Å². The average Bonchev–Trinajstić information content (AvgIpc) is 2.35. The van der Waals surface area contributed by atoms with Crippen molar-refractivity contribution in [3.05, 3.63) is 0 Å². The normalized spacial score (nSPS) is 14.6. The molecule has 9 heteroatoms. The molecule has 0 bridgehead atoms. The molecule has 0 aliphatic carbocycles. The van der Waals surface area contributed by atoms with Crippen molar-refractivity contribution in [2.75, 3.05) is 0 Å². The third-order valence-electron chi connectivity index (χ3n) is 1.13. The molecule has 0 saturated heterocycles. The van der Waals surface area contributed by atoms with Gasteiger partial charge in [-0.3, -0.25) is 0 Å². The van der Waals surface area contributed by atoms with E-state index in [-0.39, 0.29) is 16.5 Å². The van der Waals surface area contributed by atoms with Crippen LogP contribution in [0.5, 0.6) is 0 Å². The van der Waals surface area contributed by atoms with Crippen LogP contribution >= 0.6 is 50.5 Å². The molecule has 0 aromatic heterocycles. The Bertz CT molecular complexity index is 292. The maximum Gasteiger partial charge on any atom is 0.113 e. The van der Waals surface area contributed by atoms with Crippen LogP contribution in [0.15, 0.2) is 0 Å². The summed E-state index contributed by atoms with van der Waals surface area (Å²) < 4.78 is 0. The number of hydrogen-bond donors (Lipinski definition) is 4. The summed E-state index contributed by atoms with van der Waals surface area (Å²) in [5, 5.41) is 30.1. The Morgan fingerprint density at radius 1 is 0.529 bits per heavy atom. The minimum atomic E-state index is -0.580. The first kappa shape index (κ1) is 22.1. The number of thiol groups is 4. The van der Waals surface area contributed by atoms with Gasteiger partial charge in [0, 0.05) is 16.5 Å².